The minimum absolute atomic E-state index is 0.114. The topological polar surface area (TPSA) is 57.6 Å². The number of rotatable bonds is 3. The van der Waals surface area contributed by atoms with Gasteiger partial charge in [0.2, 0.25) is 5.91 Å². The first-order valence-corrected chi connectivity index (χ1v) is 4.80. The SMILES string of the molecule is C/C=C/C(=O)N(C)c1ccccc1C(=O)O. The van der Waals surface area contributed by atoms with Gasteiger partial charge in [0.1, 0.15) is 0 Å². The van der Waals surface area contributed by atoms with E-state index in [2.05, 4.69) is 0 Å². The van der Waals surface area contributed by atoms with Gasteiger partial charge in [-0.25, -0.2) is 4.79 Å². The fourth-order valence-corrected chi connectivity index (χ4v) is 1.32. The van der Waals surface area contributed by atoms with Gasteiger partial charge in [0, 0.05) is 7.05 Å². The van der Waals surface area contributed by atoms with Crippen molar-refractivity contribution in [2.75, 3.05) is 11.9 Å². The maximum absolute atomic E-state index is 11.6. The first-order valence-electron chi connectivity index (χ1n) is 4.80. The van der Waals surface area contributed by atoms with Gasteiger partial charge in [0.05, 0.1) is 11.3 Å². The third kappa shape index (κ3) is 2.48. The van der Waals surface area contributed by atoms with Crippen molar-refractivity contribution in [3.05, 3.63) is 42.0 Å². The molecule has 0 heterocycles. The van der Waals surface area contributed by atoms with Gasteiger partial charge >= 0.3 is 5.97 Å². The molecular weight excluding hydrogens is 206 g/mol. The molecule has 4 nitrogen and oxygen atoms in total. The molecule has 0 aliphatic heterocycles. The molecule has 0 saturated heterocycles. The Morgan fingerprint density at radius 1 is 1.31 bits per heavy atom. The number of carbonyl (C=O) groups is 2. The summed E-state index contributed by atoms with van der Waals surface area (Å²) < 4.78 is 0. The number of hydrogen-bond donors (Lipinski definition) is 1. The van der Waals surface area contributed by atoms with Crippen LogP contribution < -0.4 is 4.90 Å². The molecule has 1 N–H and O–H groups in total. The van der Waals surface area contributed by atoms with Crippen LogP contribution in [0.3, 0.4) is 0 Å². The number of carboxylic acid groups (broad SMARTS) is 1. The molecule has 16 heavy (non-hydrogen) atoms. The largest absolute Gasteiger partial charge is 0.478 e. The number of likely N-dealkylation sites (N-methyl/N-ethyl adjacent to an activating group) is 1. The van der Waals surface area contributed by atoms with Gasteiger partial charge < -0.3 is 10.0 Å². The number of allylic oxidation sites excluding steroid dienone is 1. The second-order valence-corrected chi connectivity index (χ2v) is 3.22. The molecule has 1 aromatic carbocycles. The second kappa shape index (κ2) is 5.11. The molecule has 1 rings (SSSR count). The van der Waals surface area contributed by atoms with Crippen molar-refractivity contribution in [2.45, 2.75) is 6.92 Å². The van der Waals surface area contributed by atoms with Crippen molar-refractivity contribution in [1.29, 1.82) is 0 Å². The number of benzene rings is 1. The summed E-state index contributed by atoms with van der Waals surface area (Å²) in [7, 11) is 1.55. The summed E-state index contributed by atoms with van der Waals surface area (Å²) in [5.41, 5.74) is 0.501. The summed E-state index contributed by atoms with van der Waals surface area (Å²) in [6.07, 6.45) is 3.00. The number of carbonyl (C=O) groups excluding carboxylic acids is 1. The third-order valence-corrected chi connectivity index (χ3v) is 2.14. The van der Waals surface area contributed by atoms with Crippen molar-refractivity contribution in [2.24, 2.45) is 0 Å². The van der Waals surface area contributed by atoms with E-state index in [0.29, 0.717) is 5.69 Å². The van der Waals surface area contributed by atoms with Gasteiger partial charge in [0.25, 0.3) is 0 Å². The Hall–Kier alpha value is -2.10. The maximum Gasteiger partial charge on any atom is 0.337 e. The highest BCUT2D eigenvalue weighted by Gasteiger charge is 2.15. The van der Waals surface area contributed by atoms with Crippen LogP contribution in [-0.2, 0) is 4.79 Å². The highest BCUT2D eigenvalue weighted by molar-refractivity contribution is 6.05. The molecular formula is C12H13NO3. The van der Waals surface area contributed by atoms with E-state index in [1.165, 1.54) is 17.0 Å². The molecule has 0 fully saturated rings. The lowest BCUT2D eigenvalue weighted by Gasteiger charge is -2.17. The van der Waals surface area contributed by atoms with E-state index in [1.807, 2.05) is 0 Å². The van der Waals surface area contributed by atoms with E-state index in [-0.39, 0.29) is 11.5 Å². The van der Waals surface area contributed by atoms with E-state index < -0.39 is 5.97 Å². The van der Waals surface area contributed by atoms with Gasteiger partial charge in [-0.2, -0.15) is 0 Å². The Balaban J connectivity index is 3.12. The summed E-state index contributed by atoms with van der Waals surface area (Å²) in [6, 6.07) is 6.39. The van der Waals surface area contributed by atoms with Crippen molar-refractivity contribution >= 4 is 17.6 Å². The molecule has 0 atom stereocenters. The molecule has 0 aromatic heterocycles. The molecule has 0 bridgehead atoms. The first-order chi connectivity index (χ1) is 7.57. The molecule has 0 aliphatic carbocycles. The Kier molecular flexibility index (Phi) is 3.83. The average molecular weight is 219 g/mol. The van der Waals surface area contributed by atoms with Crippen LogP contribution in [0.4, 0.5) is 5.69 Å². The van der Waals surface area contributed by atoms with Gasteiger partial charge in [-0.05, 0) is 25.1 Å². The molecule has 0 spiro atoms. The van der Waals surface area contributed by atoms with Crippen molar-refractivity contribution < 1.29 is 14.7 Å². The van der Waals surface area contributed by atoms with Crippen LogP contribution in [0.15, 0.2) is 36.4 Å². The van der Waals surface area contributed by atoms with Gasteiger partial charge in [-0.3, -0.25) is 4.79 Å². The van der Waals surface area contributed by atoms with Crippen LogP contribution in [0.25, 0.3) is 0 Å². The molecule has 1 amide bonds. The third-order valence-electron chi connectivity index (χ3n) is 2.14. The normalized spacial score (nSPS) is 10.4. The minimum Gasteiger partial charge on any atom is -0.478 e. The van der Waals surface area contributed by atoms with Gasteiger partial charge in [-0.1, -0.05) is 18.2 Å². The lowest BCUT2D eigenvalue weighted by atomic mass is 10.1. The summed E-state index contributed by atoms with van der Waals surface area (Å²) in [5, 5.41) is 8.97. The Morgan fingerprint density at radius 2 is 1.94 bits per heavy atom. The van der Waals surface area contributed by atoms with Crippen LogP contribution in [0.5, 0.6) is 0 Å². The van der Waals surface area contributed by atoms with Crippen LogP contribution >= 0.6 is 0 Å². The highest BCUT2D eigenvalue weighted by Crippen LogP contribution is 2.19. The predicted molar refractivity (Wildman–Crippen MR) is 61.6 cm³/mol. The number of aromatic carboxylic acids is 1. The van der Waals surface area contributed by atoms with Crippen LogP contribution in [0, 0.1) is 0 Å². The number of anilines is 1. The molecule has 4 heteroatoms. The monoisotopic (exact) mass is 219 g/mol. The maximum atomic E-state index is 11.6. The van der Waals surface area contributed by atoms with Crippen molar-refractivity contribution in [1.82, 2.24) is 0 Å². The zero-order chi connectivity index (χ0) is 12.1. The van der Waals surface area contributed by atoms with Crippen molar-refractivity contribution in [3.8, 4) is 0 Å². The molecule has 0 radical (unpaired) electrons. The van der Waals surface area contributed by atoms with E-state index in [0.717, 1.165) is 0 Å². The van der Waals surface area contributed by atoms with E-state index in [9.17, 15) is 9.59 Å². The van der Waals surface area contributed by atoms with E-state index >= 15 is 0 Å². The zero-order valence-corrected chi connectivity index (χ0v) is 9.18. The quantitative estimate of drug-likeness (QED) is 0.790. The number of carboxylic acids is 1. The number of amides is 1. The fourth-order valence-electron chi connectivity index (χ4n) is 1.32. The van der Waals surface area contributed by atoms with E-state index in [4.69, 9.17) is 5.11 Å². The minimum atomic E-state index is -1.05. The fraction of sp³-hybridized carbons (Fsp3) is 0.167. The molecule has 1 aromatic rings. The zero-order valence-electron chi connectivity index (χ0n) is 9.18. The van der Waals surface area contributed by atoms with Gasteiger partial charge in [0.15, 0.2) is 0 Å². The van der Waals surface area contributed by atoms with E-state index in [1.54, 1.807) is 38.2 Å². The smallest absolute Gasteiger partial charge is 0.337 e. The van der Waals surface area contributed by atoms with Crippen LogP contribution in [0.2, 0.25) is 0 Å². The Labute approximate surface area is 93.8 Å². The van der Waals surface area contributed by atoms with Crippen LogP contribution in [0.1, 0.15) is 17.3 Å². The predicted octanol–water partition coefficient (Wildman–Crippen LogP) is 1.92. The molecule has 0 aliphatic rings. The first kappa shape index (κ1) is 12.0. The highest BCUT2D eigenvalue weighted by atomic mass is 16.4. The summed E-state index contributed by atoms with van der Waals surface area (Å²) in [4.78, 5) is 23.8. The van der Waals surface area contributed by atoms with Gasteiger partial charge in [-0.15, -0.1) is 0 Å². The molecule has 0 unspecified atom stereocenters. The standard InChI is InChI=1S/C12H13NO3/c1-3-6-11(14)13(2)10-8-5-4-7-9(10)12(15)16/h3-8H,1-2H3,(H,15,16)/b6-3+. The lowest BCUT2D eigenvalue weighted by Crippen LogP contribution is -2.25. The lowest BCUT2D eigenvalue weighted by molar-refractivity contribution is -0.113. The average Bonchev–Trinajstić information content (AvgIpc) is 2.28. The summed E-state index contributed by atoms with van der Waals surface area (Å²) in [5.74, 6) is -1.30. The second-order valence-electron chi connectivity index (χ2n) is 3.22. The number of hydrogen-bond acceptors (Lipinski definition) is 2. The number of para-hydroxylation sites is 1. The number of nitrogens with zero attached hydrogens (tertiary/aromatic N) is 1. The molecule has 0 saturated carbocycles. The summed E-state index contributed by atoms with van der Waals surface area (Å²) >= 11 is 0. The Bertz CT molecular complexity index is 438. The van der Waals surface area contributed by atoms with Crippen molar-refractivity contribution in [3.63, 3.8) is 0 Å². The van der Waals surface area contributed by atoms with Crippen LogP contribution in [-0.4, -0.2) is 24.0 Å². The summed E-state index contributed by atoms with van der Waals surface area (Å²) in [6.45, 7) is 1.73. The molecule has 84 valence electrons. The Morgan fingerprint density at radius 3 is 2.50 bits per heavy atom.